The fraction of sp³-hybridized carbons (Fsp3) is 0.250. The average molecular weight is 425 g/mol. The van der Waals surface area contributed by atoms with E-state index < -0.39 is 0 Å². The molecule has 160 valence electrons. The molecule has 0 amide bonds. The molecule has 8 nitrogen and oxygen atoms in total. The van der Waals surface area contributed by atoms with Crippen molar-refractivity contribution >= 4 is 11.6 Å². The van der Waals surface area contributed by atoms with Crippen LogP contribution in [-0.2, 0) is 0 Å². The first-order valence-electron chi connectivity index (χ1n) is 11.0. The number of nitrogens with two attached hydrogens (primary N) is 1. The van der Waals surface area contributed by atoms with Gasteiger partial charge in [-0.25, -0.2) is 4.52 Å². The minimum Gasteiger partial charge on any atom is -0.366 e. The second kappa shape index (κ2) is 7.33. The van der Waals surface area contributed by atoms with Crippen LogP contribution in [0.1, 0.15) is 43.8 Å². The molecule has 4 heterocycles. The van der Waals surface area contributed by atoms with Crippen molar-refractivity contribution in [3.63, 3.8) is 0 Å². The highest BCUT2D eigenvalue weighted by Gasteiger charge is 2.25. The van der Waals surface area contributed by atoms with Crippen LogP contribution in [0.25, 0.3) is 27.9 Å². The number of fused-ring (bicyclic) bond motifs is 1. The van der Waals surface area contributed by atoms with Crippen LogP contribution in [0.5, 0.6) is 0 Å². The second-order valence-corrected chi connectivity index (χ2v) is 8.36. The van der Waals surface area contributed by atoms with E-state index in [1.54, 1.807) is 4.52 Å². The Morgan fingerprint density at radius 1 is 1.00 bits per heavy atom. The summed E-state index contributed by atoms with van der Waals surface area (Å²) < 4.78 is 5.83. The first-order chi connectivity index (χ1) is 15.7. The molecule has 1 atom stereocenters. The summed E-state index contributed by atoms with van der Waals surface area (Å²) in [6.45, 7) is 2.18. The molecule has 1 aliphatic carbocycles. The number of anilines is 1. The summed E-state index contributed by atoms with van der Waals surface area (Å²) in [5.74, 6) is 0.254. The van der Waals surface area contributed by atoms with Gasteiger partial charge < -0.3 is 5.73 Å². The lowest BCUT2D eigenvalue weighted by atomic mass is 10.0. The molecule has 6 rings (SSSR count). The number of aromatic nitrogens is 7. The topological polar surface area (TPSA) is 91.8 Å². The molecule has 1 fully saturated rings. The van der Waals surface area contributed by atoms with Gasteiger partial charge in [-0.05, 0) is 30.9 Å². The van der Waals surface area contributed by atoms with Gasteiger partial charge in [0.25, 0.3) is 0 Å². The van der Waals surface area contributed by atoms with Gasteiger partial charge in [-0.15, -0.1) is 5.10 Å². The Hall–Kier alpha value is -3.94. The smallest absolute Gasteiger partial charge is 0.240 e. The van der Waals surface area contributed by atoms with E-state index >= 15 is 0 Å². The summed E-state index contributed by atoms with van der Waals surface area (Å²) in [6.07, 6.45) is 13.3. The van der Waals surface area contributed by atoms with E-state index in [0.717, 1.165) is 34.3 Å². The van der Waals surface area contributed by atoms with Crippen LogP contribution in [0, 0.1) is 0 Å². The summed E-state index contributed by atoms with van der Waals surface area (Å²) in [5, 5.41) is 13.6. The largest absolute Gasteiger partial charge is 0.366 e. The molecule has 0 aliphatic heterocycles. The molecule has 32 heavy (non-hydrogen) atoms. The van der Waals surface area contributed by atoms with Crippen LogP contribution in [-0.4, -0.2) is 34.2 Å². The van der Waals surface area contributed by atoms with Gasteiger partial charge in [0.15, 0.2) is 5.65 Å². The number of benzene rings is 1. The van der Waals surface area contributed by atoms with Crippen molar-refractivity contribution in [3.05, 3.63) is 72.9 Å². The van der Waals surface area contributed by atoms with Gasteiger partial charge in [0.05, 0.1) is 24.5 Å². The van der Waals surface area contributed by atoms with Crippen LogP contribution in [0.15, 0.2) is 67.4 Å². The molecule has 2 N–H and O–H groups in total. The van der Waals surface area contributed by atoms with E-state index in [-0.39, 0.29) is 12.0 Å². The van der Waals surface area contributed by atoms with E-state index in [2.05, 4.69) is 64.8 Å². The number of hydrogen-bond donors (Lipinski definition) is 1. The molecule has 1 saturated carbocycles. The fourth-order valence-electron chi connectivity index (χ4n) is 4.30. The van der Waals surface area contributed by atoms with Crippen LogP contribution >= 0.6 is 0 Å². The maximum absolute atomic E-state index is 5.94. The van der Waals surface area contributed by atoms with E-state index in [4.69, 9.17) is 10.8 Å². The zero-order chi connectivity index (χ0) is 21.7. The van der Waals surface area contributed by atoms with Crippen LogP contribution in [0.3, 0.4) is 0 Å². The average Bonchev–Trinajstić information content (AvgIpc) is 3.20. The first-order valence-corrected chi connectivity index (χ1v) is 11.0. The summed E-state index contributed by atoms with van der Waals surface area (Å²) in [7, 11) is 0. The summed E-state index contributed by atoms with van der Waals surface area (Å²) in [6, 6.07) is 13.3. The van der Waals surface area contributed by atoms with E-state index in [9.17, 15) is 0 Å². The van der Waals surface area contributed by atoms with Gasteiger partial charge >= 0.3 is 0 Å². The number of nitrogens with zero attached hydrogens (tertiary/aromatic N) is 7. The third kappa shape index (κ3) is 3.24. The van der Waals surface area contributed by atoms with E-state index in [1.807, 2.05) is 34.0 Å². The Labute approximate surface area is 185 Å². The highest BCUT2D eigenvalue weighted by atomic mass is 15.3. The van der Waals surface area contributed by atoms with Crippen molar-refractivity contribution in [3.8, 4) is 22.3 Å². The molecule has 0 unspecified atom stereocenters. The van der Waals surface area contributed by atoms with Crippen molar-refractivity contribution in [2.45, 2.75) is 38.3 Å². The normalized spacial score (nSPS) is 14.8. The number of nitrogen functional groups attached to an aromatic ring is 1. The van der Waals surface area contributed by atoms with Crippen LogP contribution in [0.2, 0.25) is 0 Å². The molecule has 4 aromatic heterocycles. The zero-order valence-corrected chi connectivity index (χ0v) is 17.8. The van der Waals surface area contributed by atoms with Crippen molar-refractivity contribution < 1.29 is 0 Å². The summed E-state index contributed by atoms with van der Waals surface area (Å²) in [4.78, 5) is 4.45. The standard InChI is InChI=1S/C24H24N8/c1-2-22(16-6-4-3-5-7-16)31-14-18(11-27-31)17-10-21(23-28-24(25)29-32(23)13-17)19-12-26-30(15-19)20-8-9-20/h3-7,10-15,20,22H,2,8-9H2,1H3,(H2,25,29)/t22-/m0/s1. The summed E-state index contributed by atoms with van der Waals surface area (Å²) in [5.41, 5.74) is 11.9. The fourth-order valence-corrected chi connectivity index (χ4v) is 4.30. The van der Waals surface area contributed by atoms with E-state index in [1.165, 1.54) is 18.4 Å². The third-order valence-electron chi connectivity index (χ3n) is 6.11. The van der Waals surface area contributed by atoms with Gasteiger partial charge in [-0.3, -0.25) is 9.36 Å². The highest BCUT2D eigenvalue weighted by Crippen LogP contribution is 2.36. The van der Waals surface area contributed by atoms with Crippen LogP contribution in [0.4, 0.5) is 5.95 Å². The molecular formula is C24H24N8. The Morgan fingerprint density at radius 3 is 2.59 bits per heavy atom. The van der Waals surface area contributed by atoms with Crippen molar-refractivity contribution in [1.29, 1.82) is 0 Å². The molecule has 1 aliphatic rings. The van der Waals surface area contributed by atoms with Crippen LogP contribution < -0.4 is 5.73 Å². The number of pyridine rings is 1. The molecule has 5 aromatic rings. The monoisotopic (exact) mass is 424 g/mol. The molecule has 0 bridgehead atoms. The molecule has 0 saturated heterocycles. The lowest BCUT2D eigenvalue weighted by molar-refractivity contribution is 0.509. The molecule has 0 spiro atoms. The quantitative estimate of drug-likeness (QED) is 0.437. The minimum atomic E-state index is 0.187. The van der Waals surface area contributed by atoms with Gasteiger partial charge in [-0.2, -0.15) is 15.2 Å². The highest BCUT2D eigenvalue weighted by molar-refractivity contribution is 5.81. The maximum atomic E-state index is 5.94. The van der Waals surface area contributed by atoms with Gasteiger partial charge in [-0.1, -0.05) is 37.3 Å². The molecule has 1 aromatic carbocycles. The Bertz CT molecular complexity index is 1390. The number of hydrogen-bond acceptors (Lipinski definition) is 5. The molecular weight excluding hydrogens is 400 g/mol. The third-order valence-corrected chi connectivity index (χ3v) is 6.11. The van der Waals surface area contributed by atoms with Crippen molar-refractivity contribution in [2.75, 3.05) is 5.73 Å². The zero-order valence-electron chi connectivity index (χ0n) is 17.8. The maximum Gasteiger partial charge on any atom is 0.240 e. The predicted molar refractivity (Wildman–Crippen MR) is 123 cm³/mol. The predicted octanol–water partition coefficient (Wildman–Crippen LogP) is 4.37. The van der Waals surface area contributed by atoms with Crippen molar-refractivity contribution in [1.82, 2.24) is 34.2 Å². The lowest BCUT2D eigenvalue weighted by Gasteiger charge is -2.15. The molecule has 0 radical (unpaired) electrons. The Kier molecular flexibility index (Phi) is 4.31. The van der Waals surface area contributed by atoms with Crippen molar-refractivity contribution in [2.24, 2.45) is 0 Å². The minimum absolute atomic E-state index is 0.187. The lowest BCUT2D eigenvalue weighted by Crippen LogP contribution is -2.09. The SMILES string of the molecule is CC[C@@H](c1ccccc1)n1cc(-c2cc(-c3cnn(C4CC4)c3)c3nc(N)nn3c2)cn1. The molecule has 8 heteroatoms. The van der Waals surface area contributed by atoms with Gasteiger partial charge in [0.2, 0.25) is 5.95 Å². The van der Waals surface area contributed by atoms with E-state index in [0.29, 0.717) is 6.04 Å². The Balaban J connectivity index is 1.43. The first kappa shape index (κ1) is 18.8. The number of rotatable bonds is 6. The van der Waals surface area contributed by atoms with Gasteiger partial charge in [0, 0.05) is 40.8 Å². The van der Waals surface area contributed by atoms with Gasteiger partial charge in [0.1, 0.15) is 0 Å². The Morgan fingerprint density at radius 2 is 1.81 bits per heavy atom. The second-order valence-electron chi connectivity index (χ2n) is 8.36. The summed E-state index contributed by atoms with van der Waals surface area (Å²) >= 11 is 0.